The van der Waals surface area contributed by atoms with Gasteiger partial charge in [-0.1, -0.05) is 6.07 Å². The summed E-state index contributed by atoms with van der Waals surface area (Å²) in [6.45, 7) is 8.29. The summed E-state index contributed by atoms with van der Waals surface area (Å²) >= 11 is 0. The van der Waals surface area contributed by atoms with Gasteiger partial charge < -0.3 is 10.2 Å². The molecule has 0 saturated carbocycles. The third-order valence-corrected chi connectivity index (χ3v) is 5.55. The van der Waals surface area contributed by atoms with Crippen LogP contribution in [-0.4, -0.2) is 54.2 Å². The van der Waals surface area contributed by atoms with Gasteiger partial charge in [-0.15, -0.1) is 0 Å². The molecule has 0 radical (unpaired) electrons. The van der Waals surface area contributed by atoms with E-state index in [1.165, 1.54) is 6.07 Å². The Labute approximate surface area is 175 Å². The number of carbonyl (C=O) groups excluding carboxylic acids is 2. The van der Waals surface area contributed by atoms with E-state index < -0.39 is 4.92 Å². The zero-order valence-corrected chi connectivity index (χ0v) is 17.5. The summed E-state index contributed by atoms with van der Waals surface area (Å²) in [6, 6.07) is 10.7. The Morgan fingerprint density at radius 1 is 1.03 bits per heavy atom. The van der Waals surface area contributed by atoms with Gasteiger partial charge in [0.25, 0.3) is 5.69 Å². The van der Waals surface area contributed by atoms with Gasteiger partial charge in [0.05, 0.1) is 11.5 Å². The molecule has 1 amide bonds. The Balaban J connectivity index is 1.58. The van der Waals surface area contributed by atoms with Crippen molar-refractivity contribution in [2.24, 2.45) is 0 Å². The molecule has 0 aromatic heterocycles. The minimum absolute atomic E-state index is 0.0430. The number of aryl methyl sites for hydroxylation is 1. The van der Waals surface area contributed by atoms with E-state index in [0.717, 1.165) is 24.3 Å². The minimum atomic E-state index is -0.474. The molecule has 3 rings (SSSR count). The maximum Gasteiger partial charge on any atom is 0.293 e. The number of nitro benzene ring substituents is 1. The Bertz CT molecular complexity index is 964. The van der Waals surface area contributed by atoms with Crippen molar-refractivity contribution >= 4 is 28.8 Å². The number of piperazine rings is 1. The van der Waals surface area contributed by atoms with Crippen LogP contribution in [0.25, 0.3) is 0 Å². The van der Waals surface area contributed by atoms with Crippen LogP contribution in [0, 0.1) is 24.0 Å². The number of hydrogen-bond acceptors (Lipinski definition) is 6. The number of nitrogens with one attached hydrogen (secondary N) is 1. The highest BCUT2D eigenvalue weighted by atomic mass is 16.6. The van der Waals surface area contributed by atoms with Crippen molar-refractivity contribution in [3.8, 4) is 0 Å². The van der Waals surface area contributed by atoms with Crippen molar-refractivity contribution in [1.82, 2.24) is 4.90 Å². The molecule has 0 atom stereocenters. The predicted molar refractivity (Wildman–Crippen MR) is 116 cm³/mol. The van der Waals surface area contributed by atoms with Crippen molar-refractivity contribution < 1.29 is 14.5 Å². The van der Waals surface area contributed by atoms with Gasteiger partial charge in [0.1, 0.15) is 5.69 Å². The van der Waals surface area contributed by atoms with Crippen LogP contribution in [0.15, 0.2) is 36.4 Å². The largest absolute Gasteiger partial charge is 0.369 e. The second-order valence-corrected chi connectivity index (χ2v) is 7.57. The lowest BCUT2D eigenvalue weighted by molar-refractivity contribution is -0.384. The van der Waals surface area contributed by atoms with Gasteiger partial charge in [-0.3, -0.25) is 24.6 Å². The molecule has 0 unspecified atom stereocenters. The van der Waals surface area contributed by atoms with Crippen molar-refractivity contribution in [3.63, 3.8) is 0 Å². The zero-order valence-electron chi connectivity index (χ0n) is 17.5. The number of anilines is 2. The topological polar surface area (TPSA) is 95.8 Å². The SMILES string of the molecule is CC(=O)c1ccc(N2CCN(CC(=O)Nc3c([N+](=O)[O-])ccc(C)c3C)CC2)cc1. The minimum Gasteiger partial charge on any atom is -0.369 e. The van der Waals surface area contributed by atoms with Crippen molar-refractivity contribution in [3.05, 3.63) is 63.2 Å². The molecule has 8 heteroatoms. The number of amides is 1. The molecule has 8 nitrogen and oxygen atoms in total. The number of carbonyl (C=O) groups is 2. The molecule has 1 aliphatic rings. The Morgan fingerprint density at radius 3 is 2.23 bits per heavy atom. The van der Waals surface area contributed by atoms with E-state index in [4.69, 9.17) is 0 Å². The number of nitro groups is 1. The lowest BCUT2D eigenvalue weighted by Gasteiger charge is -2.35. The first-order chi connectivity index (χ1) is 14.3. The molecule has 1 fully saturated rings. The molecule has 1 heterocycles. The van der Waals surface area contributed by atoms with Crippen LogP contribution in [0.1, 0.15) is 28.4 Å². The van der Waals surface area contributed by atoms with E-state index in [0.29, 0.717) is 24.2 Å². The summed E-state index contributed by atoms with van der Waals surface area (Å²) in [5.74, 6) is -0.215. The quantitative estimate of drug-likeness (QED) is 0.446. The third-order valence-electron chi connectivity index (χ3n) is 5.55. The molecular formula is C22H26N4O4. The lowest BCUT2D eigenvalue weighted by atomic mass is 10.1. The van der Waals surface area contributed by atoms with E-state index in [1.54, 1.807) is 19.9 Å². The second kappa shape index (κ2) is 9.04. The fourth-order valence-corrected chi connectivity index (χ4v) is 3.56. The van der Waals surface area contributed by atoms with E-state index in [9.17, 15) is 19.7 Å². The van der Waals surface area contributed by atoms with Gasteiger partial charge in [0, 0.05) is 43.5 Å². The normalized spacial score (nSPS) is 14.4. The fourth-order valence-electron chi connectivity index (χ4n) is 3.56. The summed E-state index contributed by atoms with van der Waals surface area (Å²) in [7, 11) is 0. The van der Waals surface area contributed by atoms with Gasteiger partial charge in [-0.2, -0.15) is 0 Å². The van der Waals surface area contributed by atoms with Crippen LogP contribution in [0.2, 0.25) is 0 Å². The molecule has 2 aromatic carbocycles. The standard InChI is InChI=1S/C22H26N4O4/c1-15-4-9-20(26(29)30)22(16(15)2)23-21(28)14-24-10-12-25(13-11-24)19-7-5-18(6-8-19)17(3)27/h4-9H,10-14H2,1-3H3,(H,23,28). The Morgan fingerprint density at radius 2 is 1.67 bits per heavy atom. The number of nitrogens with zero attached hydrogens (tertiary/aromatic N) is 3. The van der Waals surface area contributed by atoms with Gasteiger partial charge in [0.15, 0.2) is 5.78 Å². The molecule has 1 N–H and O–H groups in total. The smallest absolute Gasteiger partial charge is 0.293 e. The van der Waals surface area contributed by atoms with Crippen LogP contribution >= 0.6 is 0 Å². The third kappa shape index (κ3) is 4.83. The van der Waals surface area contributed by atoms with Crippen molar-refractivity contribution in [2.75, 3.05) is 42.9 Å². The molecule has 0 bridgehead atoms. The molecule has 1 aliphatic heterocycles. The van der Waals surface area contributed by atoms with Crippen LogP contribution in [0.4, 0.5) is 17.1 Å². The van der Waals surface area contributed by atoms with E-state index in [1.807, 2.05) is 36.1 Å². The van der Waals surface area contributed by atoms with E-state index in [2.05, 4.69) is 10.2 Å². The number of rotatable bonds is 6. The van der Waals surface area contributed by atoms with Crippen LogP contribution < -0.4 is 10.2 Å². The second-order valence-electron chi connectivity index (χ2n) is 7.57. The number of Topliss-reactive ketones (excluding diaryl/α,β-unsaturated/α-hetero) is 1. The molecule has 158 valence electrons. The molecule has 0 aliphatic carbocycles. The van der Waals surface area contributed by atoms with Crippen LogP contribution in [-0.2, 0) is 4.79 Å². The van der Waals surface area contributed by atoms with Gasteiger partial charge in [-0.25, -0.2) is 0 Å². The summed E-state index contributed by atoms with van der Waals surface area (Å²) in [5.41, 5.74) is 3.51. The monoisotopic (exact) mass is 410 g/mol. The first kappa shape index (κ1) is 21.4. The van der Waals surface area contributed by atoms with Crippen molar-refractivity contribution in [2.45, 2.75) is 20.8 Å². The Kier molecular flexibility index (Phi) is 6.47. The van der Waals surface area contributed by atoms with E-state index in [-0.39, 0.29) is 29.6 Å². The zero-order chi connectivity index (χ0) is 21.8. The predicted octanol–water partition coefficient (Wildman–Crippen LogP) is 3.17. The average Bonchev–Trinajstić information content (AvgIpc) is 2.72. The highest BCUT2D eigenvalue weighted by molar-refractivity contribution is 5.96. The van der Waals surface area contributed by atoms with Gasteiger partial charge in [-0.05, 0) is 56.2 Å². The maximum absolute atomic E-state index is 12.6. The fraction of sp³-hybridized carbons (Fsp3) is 0.364. The van der Waals surface area contributed by atoms with Gasteiger partial charge >= 0.3 is 0 Å². The van der Waals surface area contributed by atoms with Crippen LogP contribution in [0.3, 0.4) is 0 Å². The number of hydrogen-bond donors (Lipinski definition) is 1. The summed E-state index contributed by atoms with van der Waals surface area (Å²) in [4.78, 5) is 39.0. The van der Waals surface area contributed by atoms with E-state index >= 15 is 0 Å². The maximum atomic E-state index is 12.6. The number of ketones is 1. The molecule has 0 spiro atoms. The first-order valence-electron chi connectivity index (χ1n) is 9.89. The average molecular weight is 410 g/mol. The lowest BCUT2D eigenvalue weighted by Crippen LogP contribution is -2.48. The first-order valence-corrected chi connectivity index (χ1v) is 9.89. The highest BCUT2D eigenvalue weighted by Crippen LogP contribution is 2.30. The molecular weight excluding hydrogens is 384 g/mol. The molecule has 30 heavy (non-hydrogen) atoms. The number of benzene rings is 2. The highest BCUT2D eigenvalue weighted by Gasteiger charge is 2.23. The Hall–Kier alpha value is -3.26. The van der Waals surface area contributed by atoms with Crippen molar-refractivity contribution in [1.29, 1.82) is 0 Å². The van der Waals surface area contributed by atoms with Gasteiger partial charge in [0.2, 0.25) is 5.91 Å². The molecule has 2 aromatic rings. The summed E-state index contributed by atoms with van der Waals surface area (Å²) < 4.78 is 0. The summed E-state index contributed by atoms with van der Waals surface area (Å²) in [5, 5.41) is 14.0. The van der Waals surface area contributed by atoms with Crippen LogP contribution in [0.5, 0.6) is 0 Å². The molecule has 1 saturated heterocycles. The summed E-state index contributed by atoms with van der Waals surface area (Å²) in [6.07, 6.45) is 0.